The zero-order chi connectivity index (χ0) is 19.8. The Hall–Kier alpha value is -2.15. The summed E-state index contributed by atoms with van der Waals surface area (Å²) >= 11 is 0. The summed E-state index contributed by atoms with van der Waals surface area (Å²) in [6, 6.07) is 5.84. The van der Waals surface area contributed by atoms with E-state index in [-0.39, 0.29) is 6.04 Å². The Kier molecular flexibility index (Phi) is 5.16. The van der Waals surface area contributed by atoms with E-state index in [0.717, 1.165) is 5.82 Å². The molecule has 7 nitrogen and oxygen atoms in total. The molecule has 1 aromatic rings. The molecule has 2 fully saturated rings. The van der Waals surface area contributed by atoms with E-state index in [9.17, 15) is 9.59 Å². The summed E-state index contributed by atoms with van der Waals surface area (Å²) in [5.41, 5.74) is 5.31. The Labute approximate surface area is 161 Å². The number of carbonyl (C=O) groups excluding carboxylic acids is 2. The first-order chi connectivity index (χ1) is 12.6. The lowest BCUT2D eigenvalue weighted by molar-refractivity contribution is -0.163. The summed E-state index contributed by atoms with van der Waals surface area (Å²) in [5, 5.41) is 0. The molecular formula is C20H31N5O2. The number of anilines is 1. The first-order valence-corrected chi connectivity index (χ1v) is 9.67. The van der Waals surface area contributed by atoms with E-state index in [2.05, 4.69) is 9.88 Å². The largest absolute Gasteiger partial charge is 0.353 e. The summed E-state index contributed by atoms with van der Waals surface area (Å²) in [6.45, 7) is 10.4. The van der Waals surface area contributed by atoms with Gasteiger partial charge in [0.2, 0.25) is 0 Å². The van der Waals surface area contributed by atoms with Crippen LogP contribution in [0.5, 0.6) is 0 Å². The van der Waals surface area contributed by atoms with Crippen molar-refractivity contribution in [3.8, 4) is 0 Å². The van der Waals surface area contributed by atoms with E-state index < -0.39 is 22.9 Å². The van der Waals surface area contributed by atoms with Crippen LogP contribution in [-0.2, 0) is 9.59 Å². The maximum Gasteiger partial charge on any atom is 0.312 e. The van der Waals surface area contributed by atoms with Crippen LogP contribution in [-0.4, -0.2) is 69.9 Å². The minimum atomic E-state index is -0.441. The van der Waals surface area contributed by atoms with Crippen molar-refractivity contribution in [2.24, 2.45) is 5.73 Å². The summed E-state index contributed by atoms with van der Waals surface area (Å²) in [6.07, 6.45) is 3.16. The van der Waals surface area contributed by atoms with E-state index in [1.54, 1.807) is 16.0 Å². The van der Waals surface area contributed by atoms with Crippen molar-refractivity contribution in [2.45, 2.75) is 57.7 Å². The van der Waals surface area contributed by atoms with Crippen LogP contribution < -0.4 is 10.6 Å². The van der Waals surface area contributed by atoms with Gasteiger partial charge in [0.05, 0.1) is 0 Å². The molecule has 0 aromatic carbocycles. The van der Waals surface area contributed by atoms with Crippen molar-refractivity contribution < 1.29 is 9.59 Å². The normalized spacial score (nSPS) is 22.6. The molecule has 2 aliphatic heterocycles. The summed E-state index contributed by atoms with van der Waals surface area (Å²) < 4.78 is 0. The number of hydrogen-bond acceptors (Lipinski definition) is 5. The number of nitrogens with two attached hydrogens (primary N) is 1. The van der Waals surface area contributed by atoms with E-state index in [1.807, 2.05) is 45.9 Å². The molecule has 0 atom stereocenters. The third-order valence-corrected chi connectivity index (χ3v) is 5.66. The molecule has 27 heavy (non-hydrogen) atoms. The first kappa shape index (κ1) is 19.6. The van der Waals surface area contributed by atoms with Gasteiger partial charge in [0.1, 0.15) is 5.82 Å². The number of piperazine rings is 1. The minimum absolute atomic E-state index is 0.0380. The fourth-order valence-electron chi connectivity index (χ4n) is 4.82. The zero-order valence-corrected chi connectivity index (χ0v) is 16.8. The van der Waals surface area contributed by atoms with Crippen molar-refractivity contribution in [3.63, 3.8) is 0 Å². The maximum absolute atomic E-state index is 13.2. The van der Waals surface area contributed by atoms with Gasteiger partial charge in [-0.2, -0.15) is 0 Å². The van der Waals surface area contributed by atoms with E-state index in [4.69, 9.17) is 5.73 Å². The number of rotatable bonds is 1. The van der Waals surface area contributed by atoms with Gasteiger partial charge in [-0.25, -0.2) is 4.98 Å². The Bertz CT molecular complexity index is 678. The van der Waals surface area contributed by atoms with Crippen LogP contribution in [0.1, 0.15) is 40.5 Å². The predicted octanol–water partition coefficient (Wildman–Crippen LogP) is 1.24. The third kappa shape index (κ3) is 3.93. The van der Waals surface area contributed by atoms with E-state index in [1.165, 1.54) is 0 Å². The molecule has 0 unspecified atom stereocenters. The molecule has 1 aromatic heterocycles. The third-order valence-electron chi connectivity index (χ3n) is 5.66. The van der Waals surface area contributed by atoms with Gasteiger partial charge >= 0.3 is 11.8 Å². The second-order valence-corrected chi connectivity index (χ2v) is 8.90. The molecule has 148 valence electrons. The maximum atomic E-state index is 13.2. The lowest BCUT2D eigenvalue weighted by Crippen LogP contribution is -2.67. The fraction of sp³-hybridized carbons (Fsp3) is 0.650. The molecule has 7 heteroatoms. The highest BCUT2D eigenvalue weighted by molar-refractivity contribution is 6.35. The lowest BCUT2D eigenvalue weighted by atomic mass is 9.77. The first-order valence-electron chi connectivity index (χ1n) is 9.67. The number of carbonyl (C=O) groups is 2. The highest BCUT2D eigenvalue weighted by Gasteiger charge is 2.49. The number of piperidine rings is 1. The predicted molar refractivity (Wildman–Crippen MR) is 105 cm³/mol. The van der Waals surface area contributed by atoms with Crippen molar-refractivity contribution in [3.05, 3.63) is 24.4 Å². The van der Waals surface area contributed by atoms with Gasteiger partial charge in [-0.05, 0) is 52.7 Å². The summed E-state index contributed by atoms with van der Waals surface area (Å²) in [4.78, 5) is 36.1. The topological polar surface area (TPSA) is 82.8 Å². The fourth-order valence-corrected chi connectivity index (χ4v) is 4.82. The average Bonchev–Trinajstić information content (AvgIpc) is 2.59. The highest BCUT2D eigenvalue weighted by Crippen LogP contribution is 2.38. The average molecular weight is 374 g/mol. The second kappa shape index (κ2) is 7.11. The van der Waals surface area contributed by atoms with Crippen LogP contribution in [0, 0.1) is 0 Å². The molecule has 3 heterocycles. The van der Waals surface area contributed by atoms with Crippen LogP contribution in [0.4, 0.5) is 5.82 Å². The smallest absolute Gasteiger partial charge is 0.312 e. The molecule has 2 saturated heterocycles. The molecular weight excluding hydrogens is 342 g/mol. The van der Waals surface area contributed by atoms with Crippen molar-refractivity contribution in [1.82, 2.24) is 14.8 Å². The molecule has 2 amide bonds. The van der Waals surface area contributed by atoms with Crippen LogP contribution in [0.2, 0.25) is 0 Å². The number of nitrogens with zero attached hydrogens (tertiary/aromatic N) is 4. The van der Waals surface area contributed by atoms with Gasteiger partial charge in [0.25, 0.3) is 0 Å². The second-order valence-electron chi connectivity index (χ2n) is 8.90. The molecule has 0 saturated carbocycles. The Morgan fingerprint density at radius 2 is 1.59 bits per heavy atom. The van der Waals surface area contributed by atoms with Crippen LogP contribution in [0.3, 0.4) is 0 Å². The number of pyridine rings is 1. The van der Waals surface area contributed by atoms with E-state index in [0.29, 0.717) is 39.0 Å². The number of amides is 2. The van der Waals surface area contributed by atoms with Gasteiger partial charge in [-0.15, -0.1) is 0 Å². The van der Waals surface area contributed by atoms with Gasteiger partial charge in [0, 0.05) is 49.5 Å². The van der Waals surface area contributed by atoms with Gasteiger partial charge in [-0.3, -0.25) is 9.59 Å². The number of aromatic nitrogens is 1. The SMILES string of the molecule is CC1(C)CC(N)CC(C)(C)N1C(=O)C(=O)N1CCN(c2ccccn2)CC1. The van der Waals surface area contributed by atoms with Crippen LogP contribution in [0.15, 0.2) is 24.4 Å². The van der Waals surface area contributed by atoms with E-state index >= 15 is 0 Å². The monoisotopic (exact) mass is 373 g/mol. The number of likely N-dealkylation sites (tertiary alicyclic amines) is 1. The quantitative estimate of drug-likeness (QED) is 0.749. The highest BCUT2D eigenvalue weighted by atomic mass is 16.2. The molecule has 3 rings (SSSR count). The standard InChI is InChI=1S/C20H31N5O2/c1-19(2)13-15(21)14-20(3,4)25(19)18(27)17(26)24-11-9-23(10-12-24)16-7-5-6-8-22-16/h5-8,15H,9-14,21H2,1-4H3. The van der Waals surface area contributed by atoms with Crippen molar-refractivity contribution in [2.75, 3.05) is 31.1 Å². The minimum Gasteiger partial charge on any atom is -0.353 e. The molecule has 0 aliphatic carbocycles. The van der Waals surface area contributed by atoms with Crippen molar-refractivity contribution in [1.29, 1.82) is 0 Å². The summed E-state index contributed by atoms with van der Waals surface area (Å²) in [7, 11) is 0. The van der Waals surface area contributed by atoms with Gasteiger partial charge in [0.15, 0.2) is 0 Å². The molecule has 2 aliphatic rings. The van der Waals surface area contributed by atoms with Crippen LogP contribution >= 0.6 is 0 Å². The van der Waals surface area contributed by atoms with Crippen LogP contribution in [0.25, 0.3) is 0 Å². The van der Waals surface area contributed by atoms with Gasteiger partial charge in [-0.1, -0.05) is 6.07 Å². The van der Waals surface area contributed by atoms with Gasteiger partial charge < -0.3 is 20.4 Å². The molecule has 0 spiro atoms. The molecule has 2 N–H and O–H groups in total. The zero-order valence-electron chi connectivity index (χ0n) is 16.8. The molecule has 0 bridgehead atoms. The Balaban J connectivity index is 1.68. The molecule has 0 radical (unpaired) electrons. The Morgan fingerprint density at radius 1 is 1.00 bits per heavy atom. The lowest BCUT2D eigenvalue weighted by Gasteiger charge is -2.54. The number of hydrogen-bond donors (Lipinski definition) is 1. The van der Waals surface area contributed by atoms with Crippen molar-refractivity contribution >= 4 is 17.6 Å². The Morgan fingerprint density at radius 3 is 2.11 bits per heavy atom. The summed E-state index contributed by atoms with van der Waals surface area (Å²) in [5.74, 6) is 0.0821.